The number of nitrogens with zero attached hydrogens (tertiary/aromatic N) is 4. The number of aryl methyl sites for hydroxylation is 1. The molecule has 2 aromatic rings. The predicted molar refractivity (Wildman–Crippen MR) is 131 cm³/mol. The summed E-state index contributed by atoms with van der Waals surface area (Å²) in [7, 11) is 3.23. The van der Waals surface area contributed by atoms with Gasteiger partial charge in [0.1, 0.15) is 5.82 Å². The molecule has 0 radical (unpaired) electrons. The van der Waals surface area contributed by atoms with Crippen LogP contribution in [-0.2, 0) is 21.4 Å². The third kappa shape index (κ3) is 4.83. The van der Waals surface area contributed by atoms with Crippen LogP contribution in [0.2, 0.25) is 0 Å². The van der Waals surface area contributed by atoms with Crippen molar-refractivity contribution in [2.24, 2.45) is 13.0 Å². The zero-order valence-electron chi connectivity index (χ0n) is 21.0. The molecular weight excluding hydrogens is 465 g/mol. The Morgan fingerprint density at radius 2 is 1.83 bits per heavy atom. The zero-order chi connectivity index (χ0) is 25.4. The number of carbonyl (C=O) groups is 3. The number of likely N-dealkylation sites (tertiary alicyclic amines) is 2. The maximum atomic E-state index is 15.4. The highest BCUT2D eigenvalue weighted by Crippen LogP contribution is 2.36. The number of hydrogen-bond donors (Lipinski definition) is 1. The van der Waals surface area contributed by atoms with Crippen LogP contribution in [0.1, 0.15) is 61.6 Å². The molecule has 4 heterocycles. The van der Waals surface area contributed by atoms with Gasteiger partial charge in [0.2, 0.25) is 11.8 Å². The molecule has 3 fully saturated rings. The van der Waals surface area contributed by atoms with Crippen LogP contribution < -0.4 is 5.32 Å². The lowest BCUT2D eigenvalue weighted by atomic mass is 9.86. The molecule has 194 valence electrons. The van der Waals surface area contributed by atoms with Gasteiger partial charge < -0.3 is 14.5 Å². The fraction of sp³-hybridized carbons (Fsp3) is 0.615. The Labute approximate surface area is 209 Å². The van der Waals surface area contributed by atoms with E-state index in [1.165, 1.54) is 13.2 Å². The van der Waals surface area contributed by atoms with Gasteiger partial charge in [-0.3, -0.25) is 19.6 Å². The van der Waals surface area contributed by atoms with Gasteiger partial charge in [0, 0.05) is 38.5 Å². The molecule has 1 aromatic heterocycles. The van der Waals surface area contributed by atoms with Gasteiger partial charge in [-0.2, -0.15) is 5.10 Å². The molecule has 3 saturated heterocycles. The summed E-state index contributed by atoms with van der Waals surface area (Å²) in [5, 5.41) is 7.57. The standard InChI is InChI=1S/C26H34FN5O4/c1-30-22-14-19(21(27)13-20(22)24(29-30)18-3-4-23(33)28-25(18)34)17-7-9-31(10-8-17)15-16-5-11-32(12-6-16)26(35)36-2/h13-14,16-18H,3-12,15H2,1-2H3,(H,28,33,34). The molecule has 36 heavy (non-hydrogen) atoms. The van der Waals surface area contributed by atoms with Crippen molar-refractivity contribution in [1.82, 2.24) is 24.9 Å². The van der Waals surface area contributed by atoms with Gasteiger partial charge in [-0.1, -0.05) is 0 Å². The normalized spacial score (nSPS) is 22.8. The van der Waals surface area contributed by atoms with E-state index in [0.29, 0.717) is 29.0 Å². The average Bonchev–Trinajstić information content (AvgIpc) is 3.19. The molecule has 9 nitrogen and oxygen atoms in total. The number of carbonyl (C=O) groups excluding carboxylic acids is 3. The first-order valence-corrected chi connectivity index (χ1v) is 12.9. The summed E-state index contributed by atoms with van der Waals surface area (Å²) in [6, 6.07) is 3.42. The molecule has 0 aliphatic carbocycles. The summed E-state index contributed by atoms with van der Waals surface area (Å²) in [6.45, 7) is 4.34. The minimum Gasteiger partial charge on any atom is -0.453 e. The second kappa shape index (κ2) is 10.2. The number of rotatable bonds is 4. The second-order valence-electron chi connectivity index (χ2n) is 10.4. The van der Waals surface area contributed by atoms with E-state index < -0.39 is 5.92 Å². The lowest BCUT2D eigenvalue weighted by Gasteiger charge is -2.37. The van der Waals surface area contributed by atoms with Gasteiger partial charge in [0.05, 0.1) is 24.2 Å². The van der Waals surface area contributed by atoms with E-state index in [1.807, 2.05) is 13.1 Å². The molecule has 5 rings (SSSR count). The van der Waals surface area contributed by atoms with Gasteiger partial charge in [0.15, 0.2) is 0 Å². The predicted octanol–water partition coefficient (Wildman–Crippen LogP) is 2.89. The summed E-state index contributed by atoms with van der Waals surface area (Å²) in [5.74, 6) is -0.726. The van der Waals surface area contributed by atoms with Gasteiger partial charge in [-0.05, 0) is 74.7 Å². The number of benzene rings is 1. The fourth-order valence-corrected chi connectivity index (χ4v) is 6.06. The van der Waals surface area contributed by atoms with E-state index in [-0.39, 0.29) is 36.1 Å². The summed E-state index contributed by atoms with van der Waals surface area (Å²) < 4.78 is 21.9. The molecule has 1 unspecified atom stereocenters. The van der Waals surface area contributed by atoms with Gasteiger partial charge in [-0.15, -0.1) is 0 Å². The minimum absolute atomic E-state index is 0.140. The smallest absolute Gasteiger partial charge is 0.409 e. The van der Waals surface area contributed by atoms with E-state index in [0.717, 1.165) is 63.9 Å². The maximum absolute atomic E-state index is 15.4. The number of imide groups is 1. The van der Waals surface area contributed by atoms with Crippen molar-refractivity contribution in [1.29, 1.82) is 0 Å². The van der Waals surface area contributed by atoms with Crippen molar-refractivity contribution in [3.8, 4) is 0 Å². The van der Waals surface area contributed by atoms with Crippen molar-refractivity contribution in [2.75, 3.05) is 39.8 Å². The van der Waals surface area contributed by atoms with Gasteiger partial charge >= 0.3 is 6.09 Å². The zero-order valence-corrected chi connectivity index (χ0v) is 21.0. The Hall–Kier alpha value is -3.01. The molecule has 10 heteroatoms. The maximum Gasteiger partial charge on any atom is 0.409 e. The second-order valence-corrected chi connectivity index (χ2v) is 10.4. The monoisotopic (exact) mass is 499 g/mol. The van der Waals surface area contributed by atoms with Crippen LogP contribution in [0.25, 0.3) is 10.9 Å². The van der Waals surface area contributed by atoms with E-state index >= 15 is 4.39 Å². The minimum atomic E-state index is -0.542. The van der Waals surface area contributed by atoms with Crippen molar-refractivity contribution < 1.29 is 23.5 Å². The number of ether oxygens (including phenoxy) is 1. The van der Waals surface area contributed by atoms with Crippen molar-refractivity contribution >= 4 is 28.8 Å². The van der Waals surface area contributed by atoms with Crippen LogP contribution in [0.4, 0.5) is 9.18 Å². The van der Waals surface area contributed by atoms with E-state index in [2.05, 4.69) is 15.3 Å². The summed E-state index contributed by atoms with van der Waals surface area (Å²) in [5.41, 5.74) is 2.06. The van der Waals surface area contributed by atoms with Crippen molar-refractivity contribution in [2.45, 2.75) is 50.4 Å². The molecule has 1 atom stereocenters. The number of hydrogen-bond acceptors (Lipinski definition) is 6. The highest BCUT2D eigenvalue weighted by Gasteiger charge is 2.33. The van der Waals surface area contributed by atoms with Crippen molar-refractivity contribution in [3.05, 3.63) is 29.2 Å². The molecule has 3 amide bonds. The molecule has 3 aliphatic heterocycles. The molecule has 0 spiro atoms. The van der Waals surface area contributed by atoms with Gasteiger partial charge in [-0.25, -0.2) is 9.18 Å². The van der Waals surface area contributed by atoms with Crippen LogP contribution in [-0.4, -0.2) is 77.3 Å². The molecular formula is C26H34FN5O4. The van der Waals surface area contributed by atoms with Crippen LogP contribution in [0.5, 0.6) is 0 Å². The molecule has 3 aliphatic rings. The number of fused-ring (bicyclic) bond motifs is 1. The Balaban J connectivity index is 1.23. The Morgan fingerprint density at radius 1 is 1.11 bits per heavy atom. The first-order valence-electron chi connectivity index (χ1n) is 12.9. The lowest BCUT2D eigenvalue weighted by Crippen LogP contribution is -2.43. The third-order valence-corrected chi connectivity index (χ3v) is 8.16. The van der Waals surface area contributed by atoms with E-state index in [1.54, 1.807) is 9.58 Å². The first kappa shape index (κ1) is 24.7. The fourth-order valence-electron chi connectivity index (χ4n) is 6.06. The quantitative estimate of drug-likeness (QED) is 0.650. The van der Waals surface area contributed by atoms with E-state index in [4.69, 9.17) is 4.74 Å². The summed E-state index contributed by atoms with van der Waals surface area (Å²) >= 11 is 0. The summed E-state index contributed by atoms with van der Waals surface area (Å²) in [4.78, 5) is 39.9. The Morgan fingerprint density at radius 3 is 2.50 bits per heavy atom. The highest BCUT2D eigenvalue weighted by molar-refractivity contribution is 6.02. The SMILES string of the molecule is COC(=O)N1CCC(CN2CCC(c3cc4c(cc3F)c(C3CCC(=O)NC3=O)nn4C)CC2)CC1. The van der Waals surface area contributed by atoms with Crippen molar-refractivity contribution in [3.63, 3.8) is 0 Å². The number of halogens is 1. The van der Waals surface area contributed by atoms with Crippen LogP contribution in [0.15, 0.2) is 12.1 Å². The number of piperidine rings is 3. The lowest BCUT2D eigenvalue weighted by molar-refractivity contribution is -0.134. The summed E-state index contributed by atoms with van der Waals surface area (Å²) in [6.07, 6.45) is 4.15. The molecule has 0 bridgehead atoms. The topological polar surface area (TPSA) is 96.8 Å². The number of aromatic nitrogens is 2. The number of methoxy groups -OCH3 is 1. The van der Waals surface area contributed by atoms with E-state index in [9.17, 15) is 14.4 Å². The van der Waals surface area contributed by atoms with Crippen LogP contribution in [0.3, 0.4) is 0 Å². The van der Waals surface area contributed by atoms with Crippen LogP contribution in [0, 0.1) is 11.7 Å². The largest absolute Gasteiger partial charge is 0.453 e. The highest BCUT2D eigenvalue weighted by atomic mass is 19.1. The molecule has 0 saturated carbocycles. The molecule has 1 N–H and O–H groups in total. The number of amides is 3. The Bertz CT molecular complexity index is 1160. The Kier molecular flexibility index (Phi) is 6.96. The van der Waals surface area contributed by atoms with Crippen LogP contribution >= 0.6 is 0 Å². The molecule has 1 aromatic carbocycles. The first-order chi connectivity index (χ1) is 17.3. The van der Waals surface area contributed by atoms with Gasteiger partial charge in [0.25, 0.3) is 0 Å². The third-order valence-electron chi connectivity index (χ3n) is 8.16. The average molecular weight is 500 g/mol. The number of nitrogens with one attached hydrogen (secondary N) is 1.